The Hall–Kier alpha value is -1.37. The summed E-state index contributed by atoms with van der Waals surface area (Å²) < 4.78 is 11.1. The fourth-order valence-corrected chi connectivity index (χ4v) is 6.57. The third-order valence-electron chi connectivity index (χ3n) is 10.1. The Morgan fingerprint density at radius 3 is 1.62 bits per heavy atom. The van der Waals surface area contributed by atoms with Crippen molar-refractivity contribution in [3.63, 3.8) is 0 Å². The van der Waals surface area contributed by atoms with E-state index in [9.17, 15) is 35.4 Å². The van der Waals surface area contributed by atoms with E-state index in [0.717, 1.165) is 44.9 Å². The molecular formula is C42H79NO9. The van der Waals surface area contributed by atoms with E-state index in [-0.39, 0.29) is 6.61 Å². The molecule has 0 bridgehead atoms. The summed E-state index contributed by atoms with van der Waals surface area (Å²) in [6.07, 6.45) is 26.9. The number of unbranched alkanes of at least 4 members (excludes halogenated alkanes) is 21. The predicted molar refractivity (Wildman–Crippen MR) is 209 cm³/mol. The van der Waals surface area contributed by atoms with Gasteiger partial charge >= 0.3 is 0 Å². The Balaban J connectivity index is 2.46. The summed E-state index contributed by atoms with van der Waals surface area (Å²) in [7, 11) is 0. The Morgan fingerprint density at radius 2 is 1.12 bits per heavy atom. The number of carbonyl (C=O) groups is 1. The minimum atomic E-state index is -1.61. The lowest BCUT2D eigenvalue weighted by Crippen LogP contribution is -2.60. The van der Waals surface area contributed by atoms with Crippen molar-refractivity contribution in [2.75, 3.05) is 13.2 Å². The van der Waals surface area contributed by atoms with Crippen molar-refractivity contribution in [2.24, 2.45) is 0 Å². The van der Waals surface area contributed by atoms with Gasteiger partial charge in [-0.2, -0.15) is 0 Å². The highest BCUT2D eigenvalue weighted by Crippen LogP contribution is 2.22. The normalized spacial score (nSPS) is 22.7. The second kappa shape index (κ2) is 33.0. The topological polar surface area (TPSA) is 169 Å². The molecule has 1 aliphatic heterocycles. The first-order valence-corrected chi connectivity index (χ1v) is 21.2. The predicted octanol–water partition coefficient (Wildman–Crippen LogP) is 6.91. The van der Waals surface area contributed by atoms with Crippen LogP contribution < -0.4 is 5.32 Å². The van der Waals surface area contributed by atoms with E-state index in [1.54, 1.807) is 6.08 Å². The molecule has 1 fully saturated rings. The maximum absolute atomic E-state index is 13.0. The van der Waals surface area contributed by atoms with E-state index in [0.29, 0.717) is 12.8 Å². The third kappa shape index (κ3) is 23.4. The second-order valence-electron chi connectivity index (χ2n) is 14.9. The van der Waals surface area contributed by atoms with Gasteiger partial charge in [0.2, 0.25) is 5.91 Å². The molecule has 1 rings (SSSR count). The summed E-state index contributed by atoms with van der Waals surface area (Å²) in [5.41, 5.74) is 0. The smallest absolute Gasteiger partial charge is 0.249 e. The number of aliphatic hydroxyl groups is 6. The van der Waals surface area contributed by atoms with Crippen LogP contribution in [-0.4, -0.2) is 98.7 Å². The third-order valence-corrected chi connectivity index (χ3v) is 10.1. The van der Waals surface area contributed by atoms with Crippen molar-refractivity contribution in [1.29, 1.82) is 0 Å². The highest BCUT2D eigenvalue weighted by molar-refractivity contribution is 5.80. The molecule has 0 saturated carbocycles. The molecule has 0 spiro atoms. The van der Waals surface area contributed by atoms with Crippen LogP contribution in [0.2, 0.25) is 0 Å². The van der Waals surface area contributed by atoms with Gasteiger partial charge in [-0.3, -0.25) is 4.79 Å². The number of hydrogen-bond acceptors (Lipinski definition) is 9. The van der Waals surface area contributed by atoms with Crippen LogP contribution in [0.1, 0.15) is 174 Å². The number of nitrogens with one attached hydrogen (secondary N) is 1. The zero-order chi connectivity index (χ0) is 38.2. The summed E-state index contributed by atoms with van der Waals surface area (Å²) in [4.78, 5) is 13.0. The molecule has 0 radical (unpaired) electrons. The van der Waals surface area contributed by atoms with E-state index < -0.39 is 61.5 Å². The van der Waals surface area contributed by atoms with Crippen LogP contribution in [0.3, 0.4) is 0 Å². The van der Waals surface area contributed by atoms with E-state index in [2.05, 4.69) is 31.3 Å². The van der Waals surface area contributed by atoms with Crippen LogP contribution in [0, 0.1) is 0 Å². The van der Waals surface area contributed by atoms with Gasteiger partial charge in [-0.05, 0) is 44.9 Å². The molecule has 8 unspecified atom stereocenters. The number of rotatable bonds is 34. The Kier molecular flexibility index (Phi) is 30.9. The van der Waals surface area contributed by atoms with E-state index in [1.165, 1.54) is 103 Å². The summed E-state index contributed by atoms with van der Waals surface area (Å²) >= 11 is 0. The van der Waals surface area contributed by atoms with Crippen LogP contribution in [0.15, 0.2) is 24.3 Å². The standard InChI is InChI=1S/C42H79NO9/c1-3-5-7-9-11-13-15-16-17-18-19-21-23-25-27-29-31-36(46)41(50)43-34(33-51-42-40(49)39(48)38(47)37(32-44)52-42)35(45)30-28-26-24-22-20-14-12-10-8-6-4-2/h16-17,28,30,34-40,42,44-49H,3-15,18-27,29,31-33H2,1-2H3,(H,43,50)/b17-16-,30-28+. The van der Waals surface area contributed by atoms with Crippen molar-refractivity contribution >= 4 is 5.91 Å². The van der Waals surface area contributed by atoms with Gasteiger partial charge in [0.1, 0.15) is 30.5 Å². The largest absolute Gasteiger partial charge is 0.394 e. The van der Waals surface area contributed by atoms with Gasteiger partial charge in [0.05, 0.1) is 25.4 Å². The summed E-state index contributed by atoms with van der Waals surface area (Å²) in [6.45, 7) is 3.56. The number of carbonyl (C=O) groups excluding carboxylic acids is 1. The Bertz CT molecular complexity index is 886. The lowest BCUT2D eigenvalue weighted by atomic mass is 9.99. The van der Waals surface area contributed by atoms with Crippen LogP contribution >= 0.6 is 0 Å². The molecule has 7 N–H and O–H groups in total. The fraction of sp³-hybridized carbons (Fsp3) is 0.881. The van der Waals surface area contributed by atoms with E-state index in [1.807, 2.05) is 6.08 Å². The monoisotopic (exact) mass is 742 g/mol. The number of hydrogen-bond donors (Lipinski definition) is 7. The molecule has 1 saturated heterocycles. The van der Waals surface area contributed by atoms with Crippen LogP contribution in [0.25, 0.3) is 0 Å². The van der Waals surface area contributed by atoms with Crippen molar-refractivity contribution in [3.8, 4) is 0 Å². The van der Waals surface area contributed by atoms with Crippen molar-refractivity contribution < 1.29 is 44.9 Å². The molecule has 0 aromatic heterocycles. The fourth-order valence-electron chi connectivity index (χ4n) is 6.57. The molecule has 1 aliphatic rings. The van der Waals surface area contributed by atoms with Crippen LogP contribution in [0.5, 0.6) is 0 Å². The maximum atomic E-state index is 13.0. The summed E-state index contributed by atoms with van der Waals surface area (Å²) in [5.74, 6) is -0.624. The first-order valence-electron chi connectivity index (χ1n) is 21.2. The summed E-state index contributed by atoms with van der Waals surface area (Å²) in [6, 6.07) is -0.978. The average Bonchev–Trinajstić information content (AvgIpc) is 3.14. The van der Waals surface area contributed by atoms with Crippen molar-refractivity contribution in [3.05, 3.63) is 24.3 Å². The molecule has 52 heavy (non-hydrogen) atoms. The van der Waals surface area contributed by atoms with Gasteiger partial charge < -0.3 is 45.4 Å². The average molecular weight is 742 g/mol. The number of allylic oxidation sites excluding steroid dienone is 3. The minimum absolute atomic E-state index is 0.303. The Labute approximate surface area is 316 Å². The van der Waals surface area contributed by atoms with Gasteiger partial charge in [-0.15, -0.1) is 0 Å². The lowest BCUT2D eigenvalue weighted by Gasteiger charge is -2.40. The zero-order valence-electron chi connectivity index (χ0n) is 32.9. The number of amides is 1. The molecule has 1 amide bonds. The molecule has 8 atom stereocenters. The second-order valence-corrected chi connectivity index (χ2v) is 14.9. The SMILES string of the molecule is CCCCCCCC/C=C\CCCCCCCCC(O)C(=O)NC(COC1OC(CO)C(O)C(O)C1O)C(O)/C=C/CCCCCCCCCCC. The molecule has 0 aromatic rings. The van der Waals surface area contributed by atoms with Crippen LogP contribution in [-0.2, 0) is 14.3 Å². The molecular weight excluding hydrogens is 662 g/mol. The number of aliphatic hydroxyl groups excluding tert-OH is 6. The Morgan fingerprint density at radius 1 is 0.654 bits per heavy atom. The van der Waals surface area contributed by atoms with Gasteiger partial charge in [-0.25, -0.2) is 0 Å². The molecule has 0 aliphatic carbocycles. The molecule has 0 aromatic carbocycles. The first kappa shape index (κ1) is 48.6. The number of ether oxygens (including phenoxy) is 2. The van der Waals surface area contributed by atoms with Crippen molar-refractivity contribution in [1.82, 2.24) is 5.32 Å². The highest BCUT2D eigenvalue weighted by Gasteiger charge is 2.44. The molecule has 10 nitrogen and oxygen atoms in total. The first-order chi connectivity index (χ1) is 25.3. The van der Waals surface area contributed by atoms with Gasteiger partial charge in [0, 0.05) is 0 Å². The van der Waals surface area contributed by atoms with Gasteiger partial charge in [-0.1, -0.05) is 154 Å². The summed E-state index contributed by atoms with van der Waals surface area (Å²) in [5, 5.41) is 64.4. The highest BCUT2D eigenvalue weighted by atomic mass is 16.7. The van der Waals surface area contributed by atoms with E-state index in [4.69, 9.17) is 9.47 Å². The minimum Gasteiger partial charge on any atom is -0.394 e. The molecule has 1 heterocycles. The van der Waals surface area contributed by atoms with Crippen LogP contribution in [0.4, 0.5) is 0 Å². The lowest BCUT2D eigenvalue weighted by molar-refractivity contribution is -0.302. The zero-order valence-corrected chi connectivity index (χ0v) is 32.9. The van der Waals surface area contributed by atoms with Crippen molar-refractivity contribution in [2.45, 2.75) is 223 Å². The molecule has 10 heteroatoms. The molecule has 306 valence electrons. The van der Waals surface area contributed by atoms with E-state index >= 15 is 0 Å². The maximum Gasteiger partial charge on any atom is 0.249 e. The van der Waals surface area contributed by atoms with Gasteiger partial charge in [0.25, 0.3) is 0 Å². The van der Waals surface area contributed by atoms with Gasteiger partial charge in [0.15, 0.2) is 6.29 Å². The quantitative estimate of drug-likeness (QED) is 0.0274.